The Bertz CT molecular complexity index is 1130. The molecule has 1 N–H and O–H groups in total. The van der Waals surface area contributed by atoms with Crippen LogP contribution in [0.1, 0.15) is 13.3 Å². The topological polar surface area (TPSA) is 108 Å². The van der Waals surface area contributed by atoms with Crippen LogP contribution in [0.2, 0.25) is 0 Å². The number of rotatable bonds is 11. The molecule has 1 atom stereocenters. The number of fused-ring (bicyclic) bond motifs is 1. The normalized spacial score (nSPS) is 12.2. The summed E-state index contributed by atoms with van der Waals surface area (Å²) >= 11 is 3.21. The Hall–Kier alpha value is -2.89. The van der Waals surface area contributed by atoms with Crippen LogP contribution in [-0.2, 0) is 0 Å². The molecule has 33 heavy (non-hydrogen) atoms. The van der Waals surface area contributed by atoms with Crippen LogP contribution in [0.25, 0.3) is 10.9 Å². The van der Waals surface area contributed by atoms with Crippen LogP contribution in [-0.4, -0.2) is 59.6 Å². The molecule has 0 spiro atoms. The molecule has 0 saturated heterocycles. The maximum Gasteiger partial charge on any atom is 0.311 e. The molecule has 0 aliphatic heterocycles. The van der Waals surface area contributed by atoms with Gasteiger partial charge in [-0.1, -0.05) is 15.9 Å². The molecule has 1 unspecified atom stereocenters. The van der Waals surface area contributed by atoms with Crippen molar-refractivity contribution in [3.05, 3.63) is 57.1 Å². The summed E-state index contributed by atoms with van der Waals surface area (Å²) < 4.78 is 20.5. The molecule has 3 rings (SSSR count). The maximum absolute atomic E-state index is 14.2. The number of hydrogen-bond acceptors (Lipinski definition) is 7. The van der Waals surface area contributed by atoms with E-state index < -0.39 is 10.7 Å². The van der Waals surface area contributed by atoms with E-state index in [1.807, 2.05) is 14.1 Å². The van der Waals surface area contributed by atoms with Crippen molar-refractivity contribution in [3.63, 3.8) is 0 Å². The van der Waals surface area contributed by atoms with Gasteiger partial charge < -0.3 is 15.0 Å². The minimum atomic E-state index is -0.526. The largest absolute Gasteiger partial charge is 0.485 e. The highest BCUT2D eigenvalue weighted by Crippen LogP contribution is 2.35. The molecule has 0 bridgehead atoms. The second-order valence-electron chi connectivity index (χ2n) is 7.69. The lowest BCUT2D eigenvalue weighted by molar-refractivity contribution is -0.385. The third-order valence-electron chi connectivity index (χ3n) is 5.19. The molecule has 1 radical (unpaired) electrons. The van der Waals surface area contributed by atoms with Gasteiger partial charge >= 0.3 is 5.69 Å². The van der Waals surface area contributed by atoms with Crippen LogP contribution >= 0.6 is 15.9 Å². The molecule has 1 heterocycles. The first-order valence-electron chi connectivity index (χ1n) is 10.3. The van der Waals surface area contributed by atoms with Gasteiger partial charge in [-0.15, -0.1) is 0 Å². The number of nitrogens with one attached hydrogen (secondary N) is 1. The van der Waals surface area contributed by atoms with Crippen molar-refractivity contribution >= 4 is 44.0 Å². The molecule has 3 aromatic rings. The van der Waals surface area contributed by atoms with Gasteiger partial charge in [0.2, 0.25) is 0 Å². The van der Waals surface area contributed by atoms with E-state index in [9.17, 15) is 14.5 Å². The smallest absolute Gasteiger partial charge is 0.311 e. The highest BCUT2D eigenvalue weighted by Gasteiger charge is 2.20. The SMILES string of the molecule is CC(CC[N]CCOc1cc2ncnc(Nc3ccc(Br)cc3F)c2cc1[N+](=O)[O-])N(C)C. The molecule has 0 fully saturated rings. The summed E-state index contributed by atoms with van der Waals surface area (Å²) in [6, 6.07) is 7.78. The highest BCUT2D eigenvalue weighted by molar-refractivity contribution is 9.10. The maximum atomic E-state index is 14.2. The zero-order chi connectivity index (χ0) is 24.0. The van der Waals surface area contributed by atoms with Crippen molar-refractivity contribution < 1.29 is 14.1 Å². The molecule has 0 aliphatic carbocycles. The van der Waals surface area contributed by atoms with Crippen molar-refractivity contribution in [2.45, 2.75) is 19.4 Å². The van der Waals surface area contributed by atoms with Crippen LogP contribution in [0.15, 0.2) is 41.1 Å². The number of anilines is 2. The molecular weight excluding hydrogens is 495 g/mol. The van der Waals surface area contributed by atoms with E-state index in [4.69, 9.17) is 4.74 Å². The summed E-state index contributed by atoms with van der Waals surface area (Å²) in [6.45, 7) is 3.45. The van der Waals surface area contributed by atoms with Crippen LogP contribution in [0.3, 0.4) is 0 Å². The van der Waals surface area contributed by atoms with Gasteiger partial charge in [-0.05, 0) is 45.6 Å². The van der Waals surface area contributed by atoms with E-state index in [1.54, 1.807) is 12.1 Å². The summed E-state index contributed by atoms with van der Waals surface area (Å²) in [4.78, 5) is 21.6. The Labute approximate surface area is 199 Å². The molecule has 1 aromatic heterocycles. The summed E-state index contributed by atoms with van der Waals surface area (Å²) in [6.07, 6.45) is 2.23. The fourth-order valence-electron chi connectivity index (χ4n) is 3.02. The van der Waals surface area contributed by atoms with Gasteiger partial charge in [-0.2, -0.15) is 0 Å². The Kier molecular flexibility index (Phi) is 8.48. The summed E-state index contributed by atoms with van der Waals surface area (Å²) in [7, 11) is 4.04. The quantitative estimate of drug-likeness (QED) is 0.225. The zero-order valence-electron chi connectivity index (χ0n) is 18.6. The second kappa shape index (κ2) is 11.3. The predicted octanol–water partition coefficient (Wildman–Crippen LogP) is 4.51. The average molecular weight is 520 g/mol. The fraction of sp³-hybridized carbons (Fsp3) is 0.364. The average Bonchev–Trinajstić information content (AvgIpc) is 2.77. The van der Waals surface area contributed by atoms with Gasteiger partial charge in [0, 0.05) is 35.7 Å². The Morgan fingerprint density at radius 1 is 1.27 bits per heavy atom. The highest BCUT2D eigenvalue weighted by atomic mass is 79.9. The molecule has 9 nitrogen and oxygen atoms in total. The van der Waals surface area contributed by atoms with E-state index in [0.29, 0.717) is 34.5 Å². The van der Waals surface area contributed by atoms with Crippen LogP contribution < -0.4 is 15.4 Å². The third-order valence-corrected chi connectivity index (χ3v) is 5.68. The van der Waals surface area contributed by atoms with Crippen molar-refractivity contribution in [3.8, 4) is 5.75 Å². The first kappa shape index (κ1) is 24.7. The molecule has 175 valence electrons. The van der Waals surface area contributed by atoms with Crippen molar-refractivity contribution in [2.24, 2.45) is 0 Å². The van der Waals surface area contributed by atoms with Crippen LogP contribution in [0, 0.1) is 15.9 Å². The van der Waals surface area contributed by atoms with Gasteiger partial charge in [0.05, 0.1) is 21.5 Å². The van der Waals surface area contributed by atoms with Gasteiger partial charge in [0.1, 0.15) is 24.6 Å². The Morgan fingerprint density at radius 2 is 2.06 bits per heavy atom. The number of nitro benzene ring substituents is 1. The second-order valence-corrected chi connectivity index (χ2v) is 8.60. The molecule has 0 amide bonds. The summed E-state index contributed by atoms with van der Waals surface area (Å²) in [5, 5.41) is 19.4. The lowest BCUT2D eigenvalue weighted by Gasteiger charge is -2.19. The summed E-state index contributed by atoms with van der Waals surface area (Å²) in [5.74, 6) is -0.140. The summed E-state index contributed by atoms with van der Waals surface area (Å²) in [5.41, 5.74) is 0.395. The van der Waals surface area contributed by atoms with Crippen molar-refractivity contribution in [1.29, 1.82) is 0 Å². The zero-order valence-corrected chi connectivity index (χ0v) is 20.2. The van der Waals surface area contributed by atoms with E-state index in [1.165, 1.54) is 24.5 Å². The van der Waals surface area contributed by atoms with Crippen molar-refractivity contribution in [1.82, 2.24) is 20.2 Å². The van der Waals surface area contributed by atoms with Gasteiger partial charge in [-0.25, -0.2) is 19.7 Å². The fourth-order valence-corrected chi connectivity index (χ4v) is 3.35. The van der Waals surface area contributed by atoms with Gasteiger partial charge in [-0.3, -0.25) is 10.1 Å². The van der Waals surface area contributed by atoms with Crippen LogP contribution in [0.5, 0.6) is 5.75 Å². The minimum absolute atomic E-state index is 0.101. The first-order valence-corrected chi connectivity index (χ1v) is 11.1. The molecule has 11 heteroatoms. The van der Waals surface area contributed by atoms with E-state index in [0.717, 1.165) is 6.42 Å². The number of halogens is 2. The lowest BCUT2D eigenvalue weighted by atomic mass is 10.2. The number of benzene rings is 2. The predicted molar refractivity (Wildman–Crippen MR) is 129 cm³/mol. The van der Waals surface area contributed by atoms with E-state index >= 15 is 0 Å². The number of aromatic nitrogens is 2. The first-order chi connectivity index (χ1) is 15.8. The van der Waals surface area contributed by atoms with E-state index in [-0.39, 0.29) is 29.5 Å². The number of ether oxygens (including phenoxy) is 1. The Morgan fingerprint density at radius 3 is 2.76 bits per heavy atom. The molecule has 2 aromatic carbocycles. The minimum Gasteiger partial charge on any atom is -0.485 e. The Balaban J connectivity index is 1.74. The molecule has 0 aliphatic rings. The van der Waals surface area contributed by atoms with E-state index in [2.05, 4.69) is 48.4 Å². The third kappa shape index (κ3) is 6.56. The van der Waals surface area contributed by atoms with Crippen LogP contribution in [0.4, 0.5) is 21.6 Å². The molecular formula is C22H25BrFN6O3. The monoisotopic (exact) mass is 519 g/mol. The number of hydrogen-bond donors (Lipinski definition) is 1. The lowest BCUT2D eigenvalue weighted by Crippen LogP contribution is -2.28. The number of nitrogens with zero attached hydrogens (tertiary/aromatic N) is 5. The van der Waals surface area contributed by atoms with Gasteiger partial charge in [0.25, 0.3) is 0 Å². The number of nitro groups is 1. The van der Waals surface area contributed by atoms with Crippen molar-refractivity contribution in [2.75, 3.05) is 39.1 Å². The molecule has 0 saturated carbocycles. The standard InChI is InChI=1S/C22H25BrFN6O3/c1-14(29(2)3)6-7-25-8-9-33-21-12-19-16(11-20(21)30(31)32)22(27-13-26-19)28-18-5-4-15(23)10-17(18)24/h4-5,10-14H,6-9H2,1-3H3,(H,26,27,28). The van der Waals surface area contributed by atoms with Gasteiger partial charge in [0.15, 0.2) is 5.75 Å².